The summed E-state index contributed by atoms with van der Waals surface area (Å²) in [5.41, 5.74) is 1.90. The molecule has 3 heterocycles. The van der Waals surface area contributed by atoms with Crippen molar-refractivity contribution in [2.24, 2.45) is 5.92 Å². The predicted molar refractivity (Wildman–Crippen MR) is 134 cm³/mol. The molecule has 1 atom stereocenters. The van der Waals surface area contributed by atoms with Gasteiger partial charge in [0.1, 0.15) is 0 Å². The molecule has 0 spiro atoms. The third-order valence-electron chi connectivity index (χ3n) is 7.43. The molecule has 1 aliphatic carbocycles. The lowest BCUT2D eigenvalue weighted by atomic mass is 9.84. The highest BCUT2D eigenvalue weighted by atomic mass is 16.5. The van der Waals surface area contributed by atoms with Crippen LogP contribution in [0.15, 0.2) is 42.5 Å². The van der Waals surface area contributed by atoms with Gasteiger partial charge in [0.05, 0.1) is 18.3 Å². The number of hydrogen-bond donors (Lipinski definition) is 0. The van der Waals surface area contributed by atoms with Crippen LogP contribution in [0.3, 0.4) is 0 Å². The van der Waals surface area contributed by atoms with Crippen molar-refractivity contribution in [2.75, 3.05) is 50.8 Å². The third kappa shape index (κ3) is 5.81. The normalized spacial score (nSPS) is 20.9. The molecule has 2 aromatic rings. The van der Waals surface area contributed by atoms with Crippen LogP contribution in [0.5, 0.6) is 0 Å². The Morgan fingerprint density at radius 1 is 0.914 bits per heavy atom. The van der Waals surface area contributed by atoms with Gasteiger partial charge in [-0.1, -0.05) is 36.8 Å². The summed E-state index contributed by atoms with van der Waals surface area (Å²) in [6.07, 6.45) is 5.90. The van der Waals surface area contributed by atoms with Crippen molar-refractivity contribution in [3.8, 4) is 11.3 Å². The Labute approximate surface area is 207 Å². The van der Waals surface area contributed by atoms with Gasteiger partial charge in [-0.2, -0.15) is 0 Å². The summed E-state index contributed by atoms with van der Waals surface area (Å²) >= 11 is 0. The number of benzene rings is 1. The van der Waals surface area contributed by atoms with E-state index >= 15 is 0 Å². The molecule has 5 rings (SSSR count). The second-order valence-corrected chi connectivity index (χ2v) is 9.85. The molecule has 1 aromatic heterocycles. The number of carbonyl (C=O) groups excluding carboxylic acids is 2. The van der Waals surface area contributed by atoms with Crippen molar-refractivity contribution in [2.45, 2.75) is 44.6 Å². The van der Waals surface area contributed by atoms with Crippen molar-refractivity contribution in [3.63, 3.8) is 0 Å². The molecule has 3 fully saturated rings. The van der Waals surface area contributed by atoms with Crippen LogP contribution in [0, 0.1) is 5.92 Å². The smallest absolute Gasteiger partial charge is 0.242 e. The van der Waals surface area contributed by atoms with Crippen LogP contribution in [-0.4, -0.2) is 83.8 Å². The lowest BCUT2D eigenvalue weighted by Crippen LogP contribution is -2.49. The number of rotatable bonds is 7. The fourth-order valence-electron chi connectivity index (χ4n) is 5.10. The first-order valence-electron chi connectivity index (χ1n) is 13.0. The zero-order valence-electron chi connectivity index (χ0n) is 20.3. The number of hydrogen-bond acceptors (Lipinski definition) is 6. The van der Waals surface area contributed by atoms with Gasteiger partial charge in [-0.25, -0.2) is 0 Å². The zero-order valence-corrected chi connectivity index (χ0v) is 20.3. The lowest BCUT2D eigenvalue weighted by Gasteiger charge is -2.34. The van der Waals surface area contributed by atoms with Gasteiger partial charge in [-0.15, -0.1) is 10.2 Å². The molecule has 8 nitrogen and oxygen atoms in total. The first-order chi connectivity index (χ1) is 17.2. The van der Waals surface area contributed by atoms with E-state index in [1.807, 2.05) is 47.4 Å². The van der Waals surface area contributed by atoms with E-state index in [2.05, 4.69) is 15.1 Å². The summed E-state index contributed by atoms with van der Waals surface area (Å²) < 4.78 is 5.77. The second kappa shape index (κ2) is 11.2. The Hall–Kier alpha value is -3.00. The van der Waals surface area contributed by atoms with Gasteiger partial charge >= 0.3 is 0 Å². The number of ether oxygens (including phenoxy) is 1. The minimum atomic E-state index is 0.0306. The molecule has 186 valence electrons. The van der Waals surface area contributed by atoms with E-state index in [9.17, 15) is 9.59 Å². The number of amides is 2. The lowest BCUT2D eigenvalue weighted by molar-refractivity contribution is -0.146. The molecule has 2 saturated heterocycles. The molecule has 1 saturated carbocycles. The van der Waals surface area contributed by atoms with Crippen LogP contribution in [0.4, 0.5) is 5.82 Å². The van der Waals surface area contributed by atoms with Gasteiger partial charge < -0.3 is 19.4 Å². The number of anilines is 1. The summed E-state index contributed by atoms with van der Waals surface area (Å²) in [4.78, 5) is 32.2. The van der Waals surface area contributed by atoms with Crippen LogP contribution in [0.25, 0.3) is 11.3 Å². The first-order valence-corrected chi connectivity index (χ1v) is 13.0. The fourth-order valence-corrected chi connectivity index (χ4v) is 5.10. The van der Waals surface area contributed by atoms with Gasteiger partial charge in [-0.3, -0.25) is 9.59 Å². The Morgan fingerprint density at radius 3 is 2.46 bits per heavy atom. The monoisotopic (exact) mass is 477 g/mol. The van der Waals surface area contributed by atoms with Crippen LogP contribution >= 0.6 is 0 Å². The molecule has 35 heavy (non-hydrogen) atoms. The molecule has 8 heteroatoms. The minimum Gasteiger partial charge on any atom is -0.376 e. The summed E-state index contributed by atoms with van der Waals surface area (Å²) in [6.45, 7) is 4.27. The van der Waals surface area contributed by atoms with E-state index in [-0.39, 0.29) is 30.4 Å². The van der Waals surface area contributed by atoms with E-state index in [0.29, 0.717) is 26.2 Å². The van der Waals surface area contributed by atoms with Crippen molar-refractivity contribution in [1.82, 2.24) is 20.0 Å². The van der Waals surface area contributed by atoms with Crippen LogP contribution in [0.1, 0.15) is 38.5 Å². The molecule has 1 unspecified atom stereocenters. The average molecular weight is 478 g/mol. The maximum atomic E-state index is 13.3. The highest BCUT2D eigenvalue weighted by Gasteiger charge is 2.33. The van der Waals surface area contributed by atoms with Crippen LogP contribution < -0.4 is 4.90 Å². The van der Waals surface area contributed by atoms with Crippen LogP contribution in [-0.2, 0) is 14.3 Å². The SMILES string of the molecule is O=C(CN(CC1CCCO1)C(=O)C1CCC1)N1CCCN(c2ccc(-c3ccccc3)nn2)CC1. The maximum absolute atomic E-state index is 13.3. The quantitative estimate of drug-likeness (QED) is 0.610. The van der Waals surface area contributed by atoms with Crippen molar-refractivity contribution in [3.05, 3.63) is 42.5 Å². The first kappa shape index (κ1) is 23.7. The highest BCUT2D eigenvalue weighted by molar-refractivity contribution is 5.86. The Kier molecular flexibility index (Phi) is 7.57. The molecule has 0 radical (unpaired) electrons. The van der Waals surface area contributed by atoms with Crippen molar-refractivity contribution in [1.29, 1.82) is 0 Å². The standard InChI is InChI=1S/C27H35N5O3/c33-26(20-32(19-23-11-5-18-35-23)27(34)22-9-4-10-22)31-15-6-14-30(16-17-31)25-13-12-24(28-29-25)21-7-2-1-3-8-21/h1-3,7-8,12-13,22-23H,4-6,9-11,14-20H2. The van der Waals surface area contributed by atoms with Gasteiger partial charge in [0.25, 0.3) is 0 Å². The largest absolute Gasteiger partial charge is 0.376 e. The maximum Gasteiger partial charge on any atom is 0.242 e. The summed E-state index contributed by atoms with van der Waals surface area (Å²) in [5.74, 6) is 1.08. The molecule has 0 bridgehead atoms. The third-order valence-corrected chi connectivity index (χ3v) is 7.43. The molecule has 3 aliphatic rings. The second-order valence-electron chi connectivity index (χ2n) is 9.85. The van der Waals surface area contributed by atoms with Crippen molar-refractivity contribution < 1.29 is 14.3 Å². The average Bonchev–Trinajstić information content (AvgIpc) is 3.24. The van der Waals surface area contributed by atoms with E-state index in [4.69, 9.17) is 4.74 Å². The molecule has 2 amide bonds. The van der Waals surface area contributed by atoms with E-state index in [0.717, 1.165) is 68.8 Å². The Morgan fingerprint density at radius 2 is 1.77 bits per heavy atom. The van der Waals surface area contributed by atoms with Gasteiger partial charge in [0.15, 0.2) is 5.82 Å². The van der Waals surface area contributed by atoms with Gasteiger partial charge in [0, 0.05) is 50.8 Å². The topological polar surface area (TPSA) is 78.9 Å². The molecular formula is C27H35N5O3. The zero-order chi connectivity index (χ0) is 24.0. The Balaban J connectivity index is 1.18. The van der Waals surface area contributed by atoms with Gasteiger partial charge in [0.2, 0.25) is 11.8 Å². The van der Waals surface area contributed by atoms with Gasteiger partial charge in [-0.05, 0) is 44.2 Å². The minimum absolute atomic E-state index is 0.0306. The molecular weight excluding hydrogens is 442 g/mol. The van der Waals surface area contributed by atoms with Crippen LogP contribution in [0.2, 0.25) is 0 Å². The van der Waals surface area contributed by atoms with E-state index in [1.54, 1.807) is 4.90 Å². The van der Waals surface area contributed by atoms with Crippen molar-refractivity contribution >= 4 is 17.6 Å². The highest BCUT2D eigenvalue weighted by Crippen LogP contribution is 2.29. The molecule has 0 N–H and O–H groups in total. The fraction of sp³-hybridized carbons (Fsp3) is 0.556. The number of carbonyl (C=O) groups is 2. The summed E-state index contributed by atoms with van der Waals surface area (Å²) in [5, 5.41) is 8.88. The number of aromatic nitrogens is 2. The Bertz CT molecular complexity index is 990. The van der Waals surface area contributed by atoms with E-state index < -0.39 is 0 Å². The number of nitrogens with zero attached hydrogens (tertiary/aromatic N) is 5. The van der Waals surface area contributed by atoms with E-state index in [1.165, 1.54) is 0 Å². The molecule has 1 aromatic carbocycles. The summed E-state index contributed by atoms with van der Waals surface area (Å²) in [7, 11) is 0. The summed E-state index contributed by atoms with van der Waals surface area (Å²) in [6, 6.07) is 14.0. The molecule has 2 aliphatic heterocycles. The predicted octanol–water partition coefficient (Wildman–Crippen LogP) is 2.99.